The third-order valence-corrected chi connectivity index (χ3v) is 3.23. The summed E-state index contributed by atoms with van der Waals surface area (Å²) < 4.78 is 0. The van der Waals surface area contributed by atoms with E-state index in [-0.39, 0.29) is 0 Å². The van der Waals surface area contributed by atoms with Gasteiger partial charge in [0.15, 0.2) is 0 Å². The van der Waals surface area contributed by atoms with E-state index in [0.29, 0.717) is 6.04 Å². The van der Waals surface area contributed by atoms with Gasteiger partial charge in [-0.3, -0.25) is 0 Å². The fraction of sp³-hybridized carbons (Fsp3) is 1.00. The van der Waals surface area contributed by atoms with Gasteiger partial charge in [-0.2, -0.15) is 0 Å². The minimum absolute atomic E-state index is 0.362. The number of unbranched alkanes of at least 4 members (excludes halogenated alkanes) is 1. The summed E-state index contributed by atoms with van der Waals surface area (Å²) >= 11 is 0. The van der Waals surface area contributed by atoms with Gasteiger partial charge in [0.2, 0.25) is 0 Å². The maximum Gasteiger partial charge on any atom is 0.0165 e. The van der Waals surface area contributed by atoms with Crippen LogP contribution in [-0.4, -0.2) is 19.1 Å². The molecule has 0 aliphatic heterocycles. The number of nitrogens with two attached hydrogens (primary N) is 1. The van der Waals surface area contributed by atoms with Crippen molar-refractivity contribution in [1.29, 1.82) is 0 Å². The fourth-order valence-corrected chi connectivity index (χ4v) is 1.90. The largest absolute Gasteiger partial charge is 0.327 e. The third-order valence-electron chi connectivity index (χ3n) is 3.23. The second kappa shape index (κ2) is 6.41. The summed E-state index contributed by atoms with van der Waals surface area (Å²) in [5, 5.41) is 3.49. The van der Waals surface area contributed by atoms with E-state index in [9.17, 15) is 0 Å². The lowest BCUT2D eigenvalue weighted by Crippen LogP contribution is -2.36. The molecule has 1 fully saturated rings. The van der Waals surface area contributed by atoms with E-state index in [0.717, 1.165) is 24.9 Å². The summed E-state index contributed by atoms with van der Waals surface area (Å²) in [6.07, 6.45) is 6.59. The molecule has 1 aliphatic carbocycles. The molecule has 0 aromatic rings. The van der Waals surface area contributed by atoms with Crippen molar-refractivity contribution in [1.82, 2.24) is 5.32 Å². The standard InChI is InChI=1S/C12H26N2/c1-3-4-5-12(13)9-14-8-10(2)11-6-7-11/h10-12,14H,3-9,13H2,1-2H3. The molecule has 0 amide bonds. The lowest BCUT2D eigenvalue weighted by Gasteiger charge is -2.15. The van der Waals surface area contributed by atoms with Gasteiger partial charge < -0.3 is 11.1 Å². The summed E-state index contributed by atoms with van der Waals surface area (Å²) in [4.78, 5) is 0. The second-order valence-electron chi connectivity index (χ2n) is 4.88. The Hall–Kier alpha value is -0.0800. The quantitative estimate of drug-likeness (QED) is 0.627. The maximum atomic E-state index is 5.98. The van der Waals surface area contributed by atoms with Crippen LogP contribution in [0.15, 0.2) is 0 Å². The van der Waals surface area contributed by atoms with Gasteiger partial charge in [0.05, 0.1) is 0 Å². The Kier molecular flexibility index (Phi) is 5.49. The van der Waals surface area contributed by atoms with Crippen LogP contribution in [0.5, 0.6) is 0 Å². The van der Waals surface area contributed by atoms with Crippen molar-refractivity contribution < 1.29 is 0 Å². The first-order valence-electron chi connectivity index (χ1n) is 6.20. The third kappa shape index (κ3) is 4.97. The van der Waals surface area contributed by atoms with Crippen molar-refractivity contribution in [2.45, 2.75) is 52.0 Å². The summed E-state index contributed by atoms with van der Waals surface area (Å²) in [5.74, 6) is 1.86. The Morgan fingerprint density at radius 2 is 2.07 bits per heavy atom. The summed E-state index contributed by atoms with van der Waals surface area (Å²) in [7, 11) is 0. The van der Waals surface area contributed by atoms with Crippen molar-refractivity contribution in [2.24, 2.45) is 17.6 Å². The highest BCUT2D eigenvalue weighted by atomic mass is 14.9. The maximum absolute atomic E-state index is 5.98. The molecule has 0 radical (unpaired) electrons. The van der Waals surface area contributed by atoms with Crippen molar-refractivity contribution in [3.63, 3.8) is 0 Å². The van der Waals surface area contributed by atoms with Gasteiger partial charge in [0.1, 0.15) is 0 Å². The van der Waals surface area contributed by atoms with Gasteiger partial charge in [-0.1, -0.05) is 26.7 Å². The second-order valence-corrected chi connectivity index (χ2v) is 4.88. The number of nitrogens with one attached hydrogen (secondary N) is 1. The fourth-order valence-electron chi connectivity index (χ4n) is 1.90. The van der Waals surface area contributed by atoms with Gasteiger partial charge in [-0.05, 0) is 37.6 Å². The zero-order valence-corrected chi connectivity index (χ0v) is 9.76. The molecule has 0 bridgehead atoms. The molecule has 0 saturated heterocycles. The predicted octanol–water partition coefficient (Wildman–Crippen LogP) is 2.14. The van der Waals surface area contributed by atoms with E-state index in [1.807, 2.05) is 0 Å². The summed E-state index contributed by atoms with van der Waals surface area (Å²) in [6.45, 7) is 6.72. The van der Waals surface area contributed by atoms with E-state index < -0.39 is 0 Å². The molecule has 0 heterocycles. The van der Waals surface area contributed by atoms with Crippen molar-refractivity contribution in [3.8, 4) is 0 Å². The van der Waals surface area contributed by atoms with Crippen LogP contribution in [0.1, 0.15) is 46.0 Å². The van der Waals surface area contributed by atoms with Crippen LogP contribution in [0.25, 0.3) is 0 Å². The lowest BCUT2D eigenvalue weighted by atomic mass is 10.1. The molecule has 84 valence electrons. The molecule has 0 aromatic heterocycles. The molecule has 2 unspecified atom stereocenters. The average molecular weight is 198 g/mol. The van der Waals surface area contributed by atoms with E-state index in [1.54, 1.807) is 0 Å². The van der Waals surface area contributed by atoms with Crippen LogP contribution in [0, 0.1) is 11.8 Å². The normalized spacial score (nSPS) is 20.8. The molecular formula is C12H26N2. The lowest BCUT2D eigenvalue weighted by molar-refractivity contribution is 0.438. The Morgan fingerprint density at radius 1 is 1.36 bits per heavy atom. The zero-order valence-electron chi connectivity index (χ0n) is 9.76. The highest BCUT2D eigenvalue weighted by molar-refractivity contribution is 4.80. The minimum atomic E-state index is 0.362. The van der Waals surface area contributed by atoms with Crippen LogP contribution in [0.4, 0.5) is 0 Å². The van der Waals surface area contributed by atoms with Gasteiger partial charge in [-0.25, -0.2) is 0 Å². The van der Waals surface area contributed by atoms with Crippen LogP contribution in [-0.2, 0) is 0 Å². The molecule has 1 saturated carbocycles. The molecule has 2 nitrogen and oxygen atoms in total. The van der Waals surface area contributed by atoms with Crippen LogP contribution < -0.4 is 11.1 Å². The smallest absolute Gasteiger partial charge is 0.0165 e. The zero-order chi connectivity index (χ0) is 10.4. The van der Waals surface area contributed by atoms with E-state index in [2.05, 4.69) is 19.2 Å². The van der Waals surface area contributed by atoms with Crippen LogP contribution >= 0.6 is 0 Å². The SMILES string of the molecule is CCCCC(N)CNCC(C)C1CC1. The van der Waals surface area contributed by atoms with Crippen molar-refractivity contribution in [2.75, 3.05) is 13.1 Å². The predicted molar refractivity (Wildman–Crippen MR) is 62.3 cm³/mol. The minimum Gasteiger partial charge on any atom is -0.327 e. The molecule has 0 spiro atoms. The van der Waals surface area contributed by atoms with Gasteiger partial charge in [-0.15, -0.1) is 0 Å². The number of rotatable bonds is 8. The van der Waals surface area contributed by atoms with Crippen LogP contribution in [0.3, 0.4) is 0 Å². The first-order chi connectivity index (χ1) is 6.74. The topological polar surface area (TPSA) is 38.0 Å². The average Bonchev–Trinajstić information content (AvgIpc) is 2.97. The van der Waals surface area contributed by atoms with Crippen molar-refractivity contribution >= 4 is 0 Å². The molecule has 1 rings (SSSR count). The molecule has 3 N–H and O–H groups in total. The van der Waals surface area contributed by atoms with E-state index in [4.69, 9.17) is 5.73 Å². The van der Waals surface area contributed by atoms with Gasteiger partial charge in [0.25, 0.3) is 0 Å². The molecule has 2 atom stereocenters. The molecule has 14 heavy (non-hydrogen) atoms. The van der Waals surface area contributed by atoms with Gasteiger partial charge in [0, 0.05) is 12.6 Å². The monoisotopic (exact) mass is 198 g/mol. The molecular weight excluding hydrogens is 172 g/mol. The summed E-state index contributed by atoms with van der Waals surface area (Å²) in [6, 6.07) is 0.362. The van der Waals surface area contributed by atoms with Crippen molar-refractivity contribution in [3.05, 3.63) is 0 Å². The molecule has 2 heteroatoms. The summed E-state index contributed by atoms with van der Waals surface area (Å²) in [5.41, 5.74) is 5.98. The van der Waals surface area contributed by atoms with E-state index >= 15 is 0 Å². The molecule has 1 aliphatic rings. The molecule has 0 aromatic carbocycles. The number of hydrogen-bond acceptors (Lipinski definition) is 2. The Labute approximate surface area is 88.6 Å². The Morgan fingerprint density at radius 3 is 2.64 bits per heavy atom. The Bertz CT molecular complexity index is 143. The van der Waals surface area contributed by atoms with Gasteiger partial charge >= 0.3 is 0 Å². The first-order valence-corrected chi connectivity index (χ1v) is 6.20. The Balaban J connectivity index is 1.91. The highest BCUT2D eigenvalue weighted by Gasteiger charge is 2.27. The highest BCUT2D eigenvalue weighted by Crippen LogP contribution is 2.35. The van der Waals surface area contributed by atoms with E-state index in [1.165, 1.54) is 32.1 Å². The first kappa shape index (κ1) is 12.0. The van der Waals surface area contributed by atoms with Crippen LogP contribution in [0.2, 0.25) is 0 Å². The number of hydrogen-bond donors (Lipinski definition) is 2.